The van der Waals surface area contributed by atoms with E-state index in [1.807, 2.05) is 36.4 Å². The van der Waals surface area contributed by atoms with Gasteiger partial charge in [-0.3, -0.25) is 0 Å². The zero-order valence-electron chi connectivity index (χ0n) is 9.14. The van der Waals surface area contributed by atoms with Crippen molar-refractivity contribution in [1.29, 1.82) is 5.26 Å². The van der Waals surface area contributed by atoms with Crippen LogP contribution in [0.2, 0.25) is 0 Å². The molecule has 0 radical (unpaired) electrons. The molecule has 0 unspecified atom stereocenters. The van der Waals surface area contributed by atoms with Crippen molar-refractivity contribution in [2.75, 3.05) is 5.73 Å². The average Bonchev–Trinajstić information content (AvgIpc) is 2.38. The van der Waals surface area contributed by atoms with Crippen LogP contribution in [0.15, 0.2) is 48.5 Å². The topological polar surface area (TPSA) is 49.8 Å². The standard InChI is InChI=1S/C15H10N2/c16-9-12-5-6-15(17)14-8-11-4-2-1-3-10(11)7-13(12)14/h1-8H,17H2. The summed E-state index contributed by atoms with van der Waals surface area (Å²) in [6.45, 7) is 0. The number of nitrogens with two attached hydrogens (primary N) is 1. The summed E-state index contributed by atoms with van der Waals surface area (Å²) in [7, 11) is 0. The van der Waals surface area contributed by atoms with Gasteiger partial charge in [0.15, 0.2) is 0 Å². The molecule has 80 valence electrons. The number of nitrogen functional groups attached to an aromatic ring is 1. The van der Waals surface area contributed by atoms with Crippen LogP contribution >= 0.6 is 0 Å². The Kier molecular flexibility index (Phi) is 1.99. The molecule has 0 heterocycles. The van der Waals surface area contributed by atoms with Crippen molar-refractivity contribution < 1.29 is 0 Å². The van der Waals surface area contributed by atoms with Gasteiger partial charge in [0.1, 0.15) is 0 Å². The van der Waals surface area contributed by atoms with E-state index in [2.05, 4.69) is 6.07 Å². The Morgan fingerprint density at radius 3 is 2.18 bits per heavy atom. The summed E-state index contributed by atoms with van der Waals surface area (Å²) in [5, 5.41) is 13.2. The van der Waals surface area contributed by atoms with E-state index in [1.165, 1.54) is 0 Å². The highest BCUT2D eigenvalue weighted by Gasteiger charge is 2.05. The number of hydrogen-bond donors (Lipinski definition) is 1. The SMILES string of the molecule is N#Cc1ccc(N)c2cc3ccccc3cc12. The average molecular weight is 218 g/mol. The Hall–Kier alpha value is -2.53. The number of anilines is 1. The van der Waals surface area contributed by atoms with Gasteiger partial charge in [-0.15, -0.1) is 0 Å². The van der Waals surface area contributed by atoms with Gasteiger partial charge in [0.25, 0.3) is 0 Å². The van der Waals surface area contributed by atoms with Crippen LogP contribution in [0.4, 0.5) is 5.69 Å². The van der Waals surface area contributed by atoms with E-state index in [0.717, 1.165) is 21.5 Å². The number of nitriles is 1. The van der Waals surface area contributed by atoms with Gasteiger partial charge in [0.2, 0.25) is 0 Å². The maximum Gasteiger partial charge on any atom is 0.0998 e. The van der Waals surface area contributed by atoms with E-state index < -0.39 is 0 Å². The fraction of sp³-hybridized carbons (Fsp3) is 0. The molecule has 0 spiro atoms. The van der Waals surface area contributed by atoms with E-state index in [0.29, 0.717) is 11.3 Å². The fourth-order valence-electron chi connectivity index (χ4n) is 2.15. The second-order valence-electron chi connectivity index (χ2n) is 4.06. The number of fused-ring (bicyclic) bond motifs is 2. The summed E-state index contributed by atoms with van der Waals surface area (Å²) in [5.41, 5.74) is 7.34. The molecule has 0 saturated carbocycles. The highest BCUT2D eigenvalue weighted by atomic mass is 14.5. The third kappa shape index (κ3) is 1.41. The smallest absolute Gasteiger partial charge is 0.0998 e. The first-order valence-corrected chi connectivity index (χ1v) is 5.41. The van der Waals surface area contributed by atoms with Crippen LogP contribution < -0.4 is 5.73 Å². The molecule has 0 amide bonds. The third-order valence-corrected chi connectivity index (χ3v) is 3.04. The predicted molar refractivity (Wildman–Crippen MR) is 70.6 cm³/mol. The van der Waals surface area contributed by atoms with Gasteiger partial charge in [0, 0.05) is 16.5 Å². The maximum atomic E-state index is 9.11. The van der Waals surface area contributed by atoms with Crippen LogP contribution in [-0.2, 0) is 0 Å². The van der Waals surface area contributed by atoms with Crippen LogP contribution in [0.5, 0.6) is 0 Å². The van der Waals surface area contributed by atoms with E-state index >= 15 is 0 Å². The maximum absolute atomic E-state index is 9.11. The van der Waals surface area contributed by atoms with Crippen molar-refractivity contribution in [2.45, 2.75) is 0 Å². The minimum Gasteiger partial charge on any atom is -0.398 e. The van der Waals surface area contributed by atoms with Crippen LogP contribution in [0.25, 0.3) is 21.5 Å². The summed E-state index contributed by atoms with van der Waals surface area (Å²) in [5.74, 6) is 0. The number of rotatable bonds is 0. The van der Waals surface area contributed by atoms with Crippen LogP contribution in [0, 0.1) is 11.3 Å². The second-order valence-corrected chi connectivity index (χ2v) is 4.06. The van der Waals surface area contributed by atoms with Crippen molar-refractivity contribution in [2.24, 2.45) is 0 Å². The Balaban J connectivity index is 2.56. The molecule has 0 saturated heterocycles. The molecule has 3 aromatic carbocycles. The van der Waals surface area contributed by atoms with Crippen molar-refractivity contribution in [1.82, 2.24) is 0 Å². The van der Waals surface area contributed by atoms with Crippen LogP contribution in [0.3, 0.4) is 0 Å². The molecule has 0 atom stereocenters. The lowest BCUT2D eigenvalue weighted by Crippen LogP contribution is -1.89. The zero-order valence-corrected chi connectivity index (χ0v) is 9.14. The molecular formula is C15H10N2. The van der Waals surface area contributed by atoms with Crippen LogP contribution in [0.1, 0.15) is 5.56 Å². The number of nitrogens with zero attached hydrogens (tertiary/aromatic N) is 1. The zero-order chi connectivity index (χ0) is 11.8. The fourth-order valence-corrected chi connectivity index (χ4v) is 2.15. The lowest BCUT2D eigenvalue weighted by molar-refractivity contribution is 1.50. The Morgan fingerprint density at radius 2 is 1.53 bits per heavy atom. The summed E-state index contributed by atoms with van der Waals surface area (Å²) >= 11 is 0. The largest absolute Gasteiger partial charge is 0.398 e. The Bertz CT molecular complexity index is 767. The molecule has 0 aliphatic heterocycles. The molecule has 3 aromatic rings. The second kappa shape index (κ2) is 3.50. The summed E-state index contributed by atoms with van der Waals surface area (Å²) < 4.78 is 0. The molecule has 0 bridgehead atoms. The molecule has 0 fully saturated rings. The van der Waals surface area contributed by atoms with Crippen molar-refractivity contribution >= 4 is 27.2 Å². The van der Waals surface area contributed by atoms with Gasteiger partial charge in [-0.1, -0.05) is 24.3 Å². The van der Waals surface area contributed by atoms with E-state index in [9.17, 15) is 0 Å². The van der Waals surface area contributed by atoms with Crippen molar-refractivity contribution in [3.63, 3.8) is 0 Å². The van der Waals surface area contributed by atoms with E-state index in [1.54, 1.807) is 12.1 Å². The number of benzene rings is 3. The Labute approximate surface area is 98.9 Å². The molecule has 0 aliphatic carbocycles. The predicted octanol–water partition coefficient (Wildman–Crippen LogP) is 3.45. The highest BCUT2D eigenvalue weighted by molar-refractivity contribution is 6.05. The van der Waals surface area contributed by atoms with E-state index in [4.69, 9.17) is 11.0 Å². The van der Waals surface area contributed by atoms with Crippen LogP contribution in [-0.4, -0.2) is 0 Å². The lowest BCUT2D eigenvalue weighted by atomic mass is 9.99. The van der Waals surface area contributed by atoms with Gasteiger partial charge in [-0.05, 0) is 35.0 Å². The molecule has 2 nitrogen and oxygen atoms in total. The monoisotopic (exact) mass is 218 g/mol. The van der Waals surface area contributed by atoms with Gasteiger partial charge in [0.05, 0.1) is 11.6 Å². The normalized spacial score (nSPS) is 10.5. The summed E-state index contributed by atoms with van der Waals surface area (Å²) in [4.78, 5) is 0. The van der Waals surface area contributed by atoms with Gasteiger partial charge in [-0.2, -0.15) is 5.26 Å². The lowest BCUT2D eigenvalue weighted by Gasteiger charge is -2.06. The molecular weight excluding hydrogens is 208 g/mol. The minimum absolute atomic E-state index is 0.667. The minimum atomic E-state index is 0.667. The molecule has 3 rings (SSSR count). The first-order valence-electron chi connectivity index (χ1n) is 5.41. The quantitative estimate of drug-likeness (QED) is 0.464. The van der Waals surface area contributed by atoms with Gasteiger partial charge in [-0.25, -0.2) is 0 Å². The Morgan fingerprint density at radius 1 is 0.882 bits per heavy atom. The third-order valence-electron chi connectivity index (χ3n) is 3.04. The molecule has 2 heteroatoms. The van der Waals surface area contributed by atoms with Gasteiger partial charge < -0.3 is 5.73 Å². The molecule has 0 aliphatic rings. The first kappa shape index (κ1) is 9.68. The molecule has 2 N–H and O–H groups in total. The van der Waals surface area contributed by atoms with Crippen molar-refractivity contribution in [3.05, 3.63) is 54.1 Å². The summed E-state index contributed by atoms with van der Waals surface area (Å²) in [6, 6.07) is 17.9. The van der Waals surface area contributed by atoms with Crippen molar-refractivity contribution in [3.8, 4) is 6.07 Å². The molecule has 0 aromatic heterocycles. The summed E-state index contributed by atoms with van der Waals surface area (Å²) in [6.07, 6.45) is 0. The van der Waals surface area contributed by atoms with Gasteiger partial charge >= 0.3 is 0 Å². The first-order chi connectivity index (χ1) is 8.29. The highest BCUT2D eigenvalue weighted by Crippen LogP contribution is 2.29. The molecule has 17 heavy (non-hydrogen) atoms. The van der Waals surface area contributed by atoms with E-state index in [-0.39, 0.29) is 0 Å². The number of hydrogen-bond acceptors (Lipinski definition) is 2.